The van der Waals surface area contributed by atoms with Crippen molar-refractivity contribution in [2.45, 2.75) is 26.7 Å². The van der Waals surface area contributed by atoms with E-state index in [1.807, 2.05) is 13.8 Å². The lowest BCUT2D eigenvalue weighted by Gasteiger charge is -1.79. The number of hydrogen-bond donors (Lipinski definition) is 1. The number of aliphatic hydroxyl groups is 1. The standard InChI is InChI=1S/C4H4O3.C4H8O/c5-3-1-2-4(6)7-3;1-4(2)3-5/h1-2H2;3,5H,1-2H3. The number of carbonyl (C=O) groups is 2. The van der Waals surface area contributed by atoms with Crippen LogP contribution in [0.3, 0.4) is 0 Å². The fourth-order valence-corrected chi connectivity index (χ4v) is 0.433. The quantitative estimate of drug-likeness (QED) is 0.340. The van der Waals surface area contributed by atoms with Crippen LogP contribution in [0.2, 0.25) is 0 Å². The van der Waals surface area contributed by atoms with E-state index in [0.29, 0.717) is 0 Å². The molecule has 0 aromatic heterocycles. The van der Waals surface area contributed by atoms with E-state index in [1.165, 1.54) is 0 Å². The van der Waals surface area contributed by atoms with Crippen LogP contribution in [0, 0.1) is 0 Å². The van der Waals surface area contributed by atoms with Crippen LogP contribution in [0.15, 0.2) is 11.8 Å². The first-order valence-corrected chi connectivity index (χ1v) is 3.57. The molecule has 1 fully saturated rings. The van der Waals surface area contributed by atoms with Gasteiger partial charge in [0.2, 0.25) is 0 Å². The number of allylic oxidation sites excluding steroid dienone is 1. The molecule has 0 aliphatic carbocycles. The summed E-state index contributed by atoms with van der Waals surface area (Å²) in [5.74, 6) is -0.796. The minimum Gasteiger partial charge on any atom is -0.516 e. The summed E-state index contributed by atoms with van der Waals surface area (Å²) in [5.41, 5.74) is 0.935. The Morgan fingerprint density at radius 3 is 1.75 bits per heavy atom. The summed E-state index contributed by atoms with van der Waals surface area (Å²) >= 11 is 0. The molecule has 0 atom stereocenters. The number of hydrogen-bond acceptors (Lipinski definition) is 4. The molecule has 4 nitrogen and oxygen atoms in total. The maximum Gasteiger partial charge on any atom is 0.314 e. The number of aliphatic hydroxyl groups excluding tert-OH is 1. The molecule has 0 aromatic rings. The van der Waals surface area contributed by atoms with Crippen LogP contribution >= 0.6 is 0 Å². The maximum atomic E-state index is 10.0. The van der Waals surface area contributed by atoms with Gasteiger partial charge >= 0.3 is 11.9 Å². The topological polar surface area (TPSA) is 63.6 Å². The third kappa shape index (κ3) is 5.46. The lowest BCUT2D eigenvalue weighted by molar-refractivity contribution is -0.151. The zero-order valence-electron chi connectivity index (χ0n) is 7.16. The smallest absolute Gasteiger partial charge is 0.314 e. The molecule has 12 heavy (non-hydrogen) atoms. The molecule has 0 saturated carbocycles. The molecule has 1 rings (SSSR count). The molecule has 68 valence electrons. The molecule has 0 radical (unpaired) electrons. The van der Waals surface area contributed by atoms with Crippen LogP contribution in [0.1, 0.15) is 26.7 Å². The second-order valence-corrected chi connectivity index (χ2v) is 2.55. The van der Waals surface area contributed by atoms with E-state index in [4.69, 9.17) is 5.11 Å². The van der Waals surface area contributed by atoms with E-state index < -0.39 is 11.9 Å². The van der Waals surface area contributed by atoms with Gasteiger partial charge < -0.3 is 9.84 Å². The molecule has 1 saturated heterocycles. The zero-order chi connectivity index (χ0) is 9.56. The van der Waals surface area contributed by atoms with E-state index in [9.17, 15) is 9.59 Å². The highest BCUT2D eigenvalue weighted by Gasteiger charge is 2.19. The Kier molecular flexibility index (Phi) is 4.76. The molecule has 0 spiro atoms. The molecular weight excluding hydrogens is 160 g/mol. The Hall–Kier alpha value is -1.32. The Morgan fingerprint density at radius 2 is 1.67 bits per heavy atom. The molecule has 1 N–H and O–H groups in total. The predicted octanol–water partition coefficient (Wildman–Crippen LogP) is 1.32. The number of cyclic esters (lactones) is 2. The summed E-state index contributed by atoms with van der Waals surface area (Å²) in [4.78, 5) is 20.0. The van der Waals surface area contributed by atoms with Gasteiger partial charge in [-0.15, -0.1) is 0 Å². The van der Waals surface area contributed by atoms with Gasteiger partial charge in [0.1, 0.15) is 0 Å². The second kappa shape index (κ2) is 5.35. The number of rotatable bonds is 0. The maximum absolute atomic E-state index is 10.0. The van der Waals surface area contributed by atoms with Crippen LogP contribution in [0.25, 0.3) is 0 Å². The van der Waals surface area contributed by atoms with Gasteiger partial charge in [-0.25, -0.2) is 0 Å². The average molecular weight is 172 g/mol. The van der Waals surface area contributed by atoms with Crippen molar-refractivity contribution in [1.82, 2.24) is 0 Å². The Balaban J connectivity index is 0.000000217. The molecule has 1 aliphatic rings. The fourth-order valence-electron chi connectivity index (χ4n) is 0.433. The van der Waals surface area contributed by atoms with Crippen molar-refractivity contribution in [1.29, 1.82) is 0 Å². The fraction of sp³-hybridized carbons (Fsp3) is 0.500. The van der Waals surface area contributed by atoms with E-state index >= 15 is 0 Å². The average Bonchev–Trinajstić information content (AvgIpc) is 2.36. The first kappa shape index (κ1) is 10.7. The van der Waals surface area contributed by atoms with Gasteiger partial charge in [0.25, 0.3) is 0 Å². The summed E-state index contributed by atoms with van der Waals surface area (Å²) in [6.07, 6.45) is 1.61. The van der Waals surface area contributed by atoms with Crippen LogP contribution in [-0.4, -0.2) is 17.0 Å². The minimum atomic E-state index is -0.398. The minimum absolute atomic E-state index is 0.263. The Labute approximate surface area is 70.8 Å². The molecular formula is C8H12O4. The molecule has 4 heteroatoms. The van der Waals surface area contributed by atoms with Crippen molar-refractivity contribution < 1.29 is 19.4 Å². The van der Waals surface area contributed by atoms with Crippen molar-refractivity contribution in [2.75, 3.05) is 0 Å². The highest BCUT2D eigenvalue weighted by molar-refractivity contribution is 5.92. The van der Waals surface area contributed by atoms with Crippen LogP contribution < -0.4 is 0 Å². The van der Waals surface area contributed by atoms with Gasteiger partial charge in [0, 0.05) is 0 Å². The SMILES string of the molecule is CC(C)=CO.O=C1CCC(=O)O1. The number of ether oxygens (including phenoxy) is 1. The molecule has 0 aromatic carbocycles. The highest BCUT2D eigenvalue weighted by Crippen LogP contribution is 2.03. The van der Waals surface area contributed by atoms with Crippen molar-refractivity contribution in [2.24, 2.45) is 0 Å². The first-order valence-electron chi connectivity index (χ1n) is 3.57. The van der Waals surface area contributed by atoms with E-state index in [1.54, 1.807) is 0 Å². The van der Waals surface area contributed by atoms with Gasteiger partial charge in [-0.05, 0) is 19.4 Å². The molecule has 0 unspecified atom stereocenters. The van der Waals surface area contributed by atoms with Crippen LogP contribution in [0.4, 0.5) is 0 Å². The van der Waals surface area contributed by atoms with Gasteiger partial charge in [0.05, 0.1) is 19.1 Å². The molecule has 1 heterocycles. The van der Waals surface area contributed by atoms with Crippen LogP contribution in [0.5, 0.6) is 0 Å². The highest BCUT2D eigenvalue weighted by atomic mass is 16.6. The molecule has 0 bridgehead atoms. The van der Waals surface area contributed by atoms with E-state index in [-0.39, 0.29) is 12.8 Å². The predicted molar refractivity (Wildman–Crippen MR) is 42.4 cm³/mol. The van der Waals surface area contributed by atoms with Crippen molar-refractivity contribution >= 4 is 11.9 Å². The largest absolute Gasteiger partial charge is 0.516 e. The third-order valence-corrected chi connectivity index (χ3v) is 1.02. The number of esters is 2. The van der Waals surface area contributed by atoms with Gasteiger partial charge in [-0.2, -0.15) is 0 Å². The Bertz CT molecular complexity index is 187. The van der Waals surface area contributed by atoms with Crippen molar-refractivity contribution in [3.05, 3.63) is 11.8 Å². The van der Waals surface area contributed by atoms with Gasteiger partial charge in [0.15, 0.2) is 0 Å². The van der Waals surface area contributed by atoms with E-state index in [2.05, 4.69) is 4.74 Å². The first-order chi connectivity index (χ1) is 5.56. The van der Waals surface area contributed by atoms with Gasteiger partial charge in [-0.1, -0.05) is 0 Å². The molecule has 0 amide bonds. The lowest BCUT2D eigenvalue weighted by Crippen LogP contribution is -1.94. The lowest BCUT2D eigenvalue weighted by atomic mass is 10.4. The monoisotopic (exact) mass is 172 g/mol. The summed E-state index contributed by atoms with van der Waals surface area (Å²) < 4.78 is 4.08. The van der Waals surface area contributed by atoms with Crippen molar-refractivity contribution in [3.8, 4) is 0 Å². The summed E-state index contributed by atoms with van der Waals surface area (Å²) in [6, 6.07) is 0. The summed E-state index contributed by atoms with van der Waals surface area (Å²) in [6.45, 7) is 3.67. The normalized spacial score (nSPS) is 14.5. The second-order valence-electron chi connectivity index (χ2n) is 2.55. The van der Waals surface area contributed by atoms with E-state index in [0.717, 1.165) is 11.8 Å². The van der Waals surface area contributed by atoms with Crippen LogP contribution in [-0.2, 0) is 14.3 Å². The number of carbonyl (C=O) groups excluding carboxylic acids is 2. The third-order valence-electron chi connectivity index (χ3n) is 1.02. The summed E-state index contributed by atoms with van der Waals surface area (Å²) in [5, 5.41) is 7.98. The summed E-state index contributed by atoms with van der Waals surface area (Å²) in [7, 11) is 0. The Morgan fingerprint density at radius 1 is 1.33 bits per heavy atom. The zero-order valence-corrected chi connectivity index (χ0v) is 7.16. The van der Waals surface area contributed by atoms with Gasteiger partial charge in [-0.3, -0.25) is 9.59 Å². The molecule has 1 aliphatic heterocycles. The van der Waals surface area contributed by atoms with Crippen molar-refractivity contribution in [3.63, 3.8) is 0 Å².